The van der Waals surface area contributed by atoms with Crippen LogP contribution in [0.15, 0.2) is 23.2 Å². The lowest BCUT2D eigenvalue weighted by Crippen LogP contribution is -2.42. The summed E-state index contributed by atoms with van der Waals surface area (Å²) in [6, 6.07) is 3.16. The van der Waals surface area contributed by atoms with Gasteiger partial charge in [0.2, 0.25) is 0 Å². The zero-order valence-electron chi connectivity index (χ0n) is 18.6. The summed E-state index contributed by atoms with van der Waals surface area (Å²) in [5.74, 6) is 1.52. The summed E-state index contributed by atoms with van der Waals surface area (Å²) >= 11 is 0. The Labute approximate surface area is 184 Å². The smallest absolute Gasteiger partial charge is 0.410 e. The van der Waals surface area contributed by atoms with E-state index in [9.17, 15) is 13.2 Å². The van der Waals surface area contributed by atoms with Crippen molar-refractivity contribution in [2.45, 2.75) is 57.1 Å². The number of pyridine rings is 1. The molecule has 0 bridgehead atoms. The lowest BCUT2D eigenvalue weighted by molar-refractivity contribution is 0.0169. The molecule has 1 aromatic rings. The first-order valence-electron chi connectivity index (χ1n) is 10.9. The summed E-state index contributed by atoms with van der Waals surface area (Å²) in [6.07, 6.45) is 4.27. The minimum atomic E-state index is -3.48. The highest BCUT2D eigenvalue weighted by Crippen LogP contribution is 2.48. The van der Waals surface area contributed by atoms with E-state index >= 15 is 0 Å². The zero-order valence-corrected chi connectivity index (χ0v) is 19.4. The monoisotopic (exact) mass is 454 g/mol. The van der Waals surface area contributed by atoms with Gasteiger partial charge in [0.15, 0.2) is 9.84 Å². The van der Waals surface area contributed by atoms with E-state index in [-0.39, 0.29) is 16.7 Å². The van der Waals surface area contributed by atoms with Crippen molar-refractivity contribution in [3.05, 3.63) is 24.0 Å². The number of carbonyl (C=O) groups is 1. The van der Waals surface area contributed by atoms with E-state index in [1.54, 1.807) is 6.07 Å². The molecule has 2 heterocycles. The molecule has 1 aromatic heterocycles. The van der Waals surface area contributed by atoms with Crippen molar-refractivity contribution < 1.29 is 27.8 Å². The van der Waals surface area contributed by atoms with Crippen LogP contribution in [0, 0.1) is 17.8 Å². The average Bonchev–Trinajstić information content (AvgIpc) is 3.47. The molecular weight excluding hydrogens is 420 g/mol. The van der Waals surface area contributed by atoms with Gasteiger partial charge in [0.05, 0.1) is 36.2 Å². The van der Waals surface area contributed by atoms with Crippen LogP contribution in [0.4, 0.5) is 4.79 Å². The van der Waals surface area contributed by atoms with Gasteiger partial charge in [0.25, 0.3) is 0 Å². The van der Waals surface area contributed by atoms with Crippen molar-refractivity contribution in [1.29, 1.82) is 0 Å². The second-order valence-electron chi connectivity index (χ2n) is 9.51. The Morgan fingerprint density at radius 1 is 1.26 bits per heavy atom. The molecule has 8 nitrogen and oxygen atoms in total. The van der Waals surface area contributed by atoms with E-state index in [2.05, 4.69) is 4.98 Å². The highest BCUT2D eigenvalue weighted by Gasteiger charge is 2.44. The number of aliphatic hydroxyl groups is 1. The second-order valence-corrected chi connectivity index (χ2v) is 11.6. The minimum Gasteiger partial charge on any atom is -0.444 e. The summed E-state index contributed by atoms with van der Waals surface area (Å²) in [5.41, 5.74) is 0.223. The largest absolute Gasteiger partial charge is 0.444 e. The number of hydrogen-bond donors (Lipinski definition) is 1. The van der Waals surface area contributed by atoms with Crippen LogP contribution in [-0.4, -0.2) is 67.2 Å². The van der Waals surface area contributed by atoms with Crippen LogP contribution in [0.3, 0.4) is 0 Å². The number of piperidine rings is 1. The number of nitrogens with zero attached hydrogens (tertiary/aromatic N) is 2. The third-order valence-electron chi connectivity index (χ3n) is 5.87. The Balaban J connectivity index is 1.36. The van der Waals surface area contributed by atoms with Crippen LogP contribution in [-0.2, 0) is 25.9 Å². The van der Waals surface area contributed by atoms with Crippen molar-refractivity contribution in [2.24, 2.45) is 17.8 Å². The molecule has 2 atom stereocenters. The summed E-state index contributed by atoms with van der Waals surface area (Å²) in [6.45, 7) is 7.76. The molecule has 3 rings (SSSR count). The van der Waals surface area contributed by atoms with Crippen molar-refractivity contribution in [3.63, 3.8) is 0 Å². The first-order valence-corrected chi connectivity index (χ1v) is 12.6. The quantitative estimate of drug-likeness (QED) is 0.644. The molecule has 0 unspecified atom stereocenters. The van der Waals surface area contributed by atoms with Gasteiger partial charge in [0, 0.05) is 19.3 Å². The highest BCUT2D eigenvalue weighted by atomic mass is 32.2. The Morgan fingerprint density at radius 3 is 2.55 bits per heavy atom. The fourth-order valence-corrected chi connectivity index (χ4v) is 5.07. The fraction of sp³-hybridized carbons (Fsp3) is 0.727. The van der Waals surface area contributed by atoms with Gasteiger partial charge in [-0.25, -0.2) is 13.2 Å². The summed E-state index contributed by atoms with van der Waals surface area (Å²) < 4.78 is 35.1. The van der Waals surface area contributed by atoms with Crippen LogP contribution < -0.4 is 0 Å². The molecule has 1 saturated carbocycles. The van der Waals surface area contributed by atoms with Crippen LogP contribution in [0.25, 0.3) is 0 Å². The molecule has 1 aliphatic heterocycles. The van der Waals surface area contributed by atoms with Crippen molar-refractivity contribution in [3.8, 4) is 0 Å². The third kappa shape index (κ3) is 6.89. The summed E-state index contributed by atoms with van der Waals surface area (Å²) in [5, 5.41) is 8.84. The number of ether oxygens (including phenoxy) is 2. The van der Waals surface area contributed by atoms with Gasteiger partial charge >= 0.3 is 6.09 Å². The average molecular weight is 455 g/mol. The lowest BCUT2D eigenvalue weighted by Gasteiger charge is -2.33. The van der Waals surface area contributed by atoms with Crippen molar-refractivity contribution in [2.75, 3.05) is 32.1 Å². The Morgan fingerprint density at radius 2 is 1.97 bits per heavy atom. The molecule has 31 heavy (non-hydrogen) atoms. The molecule has 0 spiro atoms. The minimum absolute atomic E-state index is 0.116. The SMILES string of the molecule is CC(C)(C)OC(=O)N1CCC([C@H]2C[C@H]2COCc2ccc(S(=O)(=O)CCO)cn2)CC1. The molecule has 0 radical (unpaired) electrons. The molecule has 174 valence electrons. The number of amides is 1. The number of aromatic nitrogens is 1. The van der Waals surface area contributed by atoms with Crippen molar-refractivity contribution in [1.82, 2.24) is 9.88 Å². The van der Waals surface area contributed by atoms with Gasteiger partial charge in [-0.1, -0.05) is 0 Å². The Hall–Kier alpha value is -1.71. The molecule has 1 aliphatic carbocycles. The summed E-state index contributed by atoms with van der Waals surface area (Å²) in [7, 11) is -3.48. The predicted octanol–water partition coefficient (Wildman–Crippen LogP) is 2.65. The maximum atomic E-state index is 12.2. The van der Waals surface area contributed by atoms with Gasteiger partial charge in [-0.05, 0) is 69.9 Å². The molecular formula is C22H34N2O6S. The fourth-order valence-electron chi connectivity index (χ4n) is 4.11. The maximum absolute atomic E-state index is 12.2. The molecule has 9 heteroatoms. The molecule has 1 N–H and O–H groups in total. The lowest BCUT2D eigenvalue weighted by atomic mass is 9.91. The second kappa shape index (κ2) is 9.83. The zero-order chi connectivity index (χ0) is 22.6. The van der Waals surface area contributed by atoms with E-state index < -0.39 is 22.0 Å². The number of rotatable bonds is 8. The Kier molecular flexibility index (Phi) is 7.59. The first kappa shape index (κ1) is 23.9. The van der Waals surface area contributed by atoms with E-state index in [1.165, 1.54) is 12.3 Å². The van der Waals surface area contributed by atoms with Crippen LogP contribution in [0.2, 0.25) is 0 Å². The topological polar surface area (TPSA) is 106 Å². The first-order chi connectivity index (χ1) is 14.6. The molecule has 2 aliphatic rings. The van der Waals surface area contributed by atoms with E-state index in [4.69, 9.17) is 14.6 Å². The number of sulfone groups is 1. The third-order valence-corrected chi connectivity index (χ3v) is 7.55. The van der Waals surface area contributed by atoms with Gasteiger partial charge in [-0.2, -0.15) is 0 Å². The highest BCUT2D eigenvalue weighted by molar-refractivity contribution is 7.91. The van der Waals surface area contributed by atoms with E-state index in [0.29, 0.717) is 36.7 Å². The van der Waals surface area contributed by atoms with Gasteiger partial charge in [0.1, 0.15) is 5.60 Å². The normalized spacial score (nSPS) is 22.4. The van der Waals surface area contributed by atoms with Crippen molar-refractivity contribution >= 4 is 15.9 Å². The van der Waals surface area contributed by atoms with Crippen LogP contribution in [0.5, 0.6) is 0 Å². The number of likely N-dealkylation sites (tertiary alicyclic amines) is 1. The molecule has 1 amide bonds. The number of hydrogen-bond acceptors (Lipinski definition) is 7. The molecule has 2 fully saturated rings. The molecule has 1 saturated heterocycles. The van der Waals surface area contributed by atoms with Gasteiger partial charge in [-0.3, -0.25) is 4.98 Å². The van der Waals surface area contributed by atoms with Crippen LogP contribution >= 0.6 is 0 Å². The maximum Gasteiger partial charge on any atom is 0.410 e. The Bertz CT molecular complexity index is 842. The predicted molar refractivity (Wildman–Crippen MR) is 115 cm³/mol. The van der Waals surface area contributed by atoms with E-state index in [1.807, 2.05) is 25.7 Å². The number of aliphatic hydroxyl groups excluding tert-OH is 1. The van der Waals surface area contributed by atoms with Gasteiger partial charge in [-0.15, -0.1) is 0 Å². The number of carbonyl (C=O) groups excluding carboxylic acids is 1. The standard InChI is InChI=1S/C22H34N2O6S/c1-22(2,3)30-21(26)24-8-6-16(7-9-24)20-12-17(20)14-29-15-18-4-5-19(13-23-18)31(27,28)11-10-25/h4-5,13,16-17,20,25H,6-12,14-15H2,1-3H3/t17-,20+/m0/s1. The van der Waals surface area contributed by atoms with Gasteiger partial charge < -0.3 is 19.5 Å². The summed E-state index contributed by atoms with van der Waals surface area (Å²) in [4.78, 5) is 18.3. The van der Waals surface area contributed by atoms with E-state index in [0.717, 1.165) is 32.4 Å². The van der Waals surface area contributed by atoms with Crippen LogP contribution in [0.1, 0.15) is 45.7 Å². The molecule has 0 aromatic carbocycles.